The quantitative estimate of drug-likeness (QED) is 0.0331. The predicted octanol–water partition coefficient (Wildman–Crippen LogP) is 14.9. The van der Waals surface area contributed by atoms with E-state index in [9.17, 15) is 14.2 Å². The topological polar surface area (TPSA) is 124 Å². The first-order chi connectivity index (χ1) is 30.4. The fourth-order valence-corrected chi connectivity index (χ4v) is 10.3. The zero-order chi connectivity index (χ0) is 44.6. The molecule has 0 spiro atoms. The molecule has 0 saturated carbocycles. The molecule has 362 valence electrons. The number of ether oxygens (including phenoxy) is 2. The Kier molecular flexibility index (Phi) is 36.4. The molecule has 3 aliphatic rings. The zero-order valence-corrected chi connectivity index (χ0v) is 41.1. The van der Waals surface area contributed by atoms with Crippen LogP contribution in [0.5, 0.6) is 0 Å². The summed E-state index contributed by atoms with van der Waals surface area (Å²) in [5.41, 5.74) is 0. The van der Waals surface area contributed by atoms with Gasteiger partial charge in [-0.2, -0.15) is 5.26 Å². The van der Waals surface area contributed by atoms with E-state index in [0.717, 1.165) is 64.0 Å². The van der Waals surface area contributed by atoms with Crippen molar-refractivity contribution in [2.24, 2.45) is 5.92 Å². The number of unbranched alkanes of at least 4 members (excludes halogenated alkanes) is 28. The molecule has 3 heterocycles. The van der Waals surface area contributed by atoms with Gasteiger partial charge >= 0.3 is 19.8 Å². The number of nitrogens with zero attached hydrogens (tertiary/aromatic N) is 2. The fraction of sp³-hybridized carbons (Fsp3) is 0.941. The second-order valence-corrected chi connectivity index (χ2v) is 20.3. The van der Waals surface area contributed by atoms with Crippen molar-refractivity contribution in [3.63, 3.8) is 0 Å². The monoisotopic (exact) mass is 895 g/mol. The number of piperidine rings is 3. The predicted molar refractivity (Wildman–Crippen MR) is 253 cm³/mol. The third-order valence-corrected chi connectivity index (χ3v) is 14.5. The van der Waals surface area contributed by atoms with Crippen LogP contribution in [0.15, 0.2) is 0 Å². The van der Waals surface area contributed by atoms with Crippen molar-refractivity contribution in [2.75, 3.05) is 39.5 Å². The number of fused-ring (bicyclic) bond motifs is 3. The maximum Gasteiger partial charge on any atom is 0.474 e. The first-order valence-electron chi connectivity index (χ1n) is 26.4. The number of esters is 2. The number of rotatable bonds is 45. The molecule has 3 fully saturated rings. The molecule has 0 aromatic carbocycles. The van der Waals surface area contributed by atoms with Crippen molar-refractivity contribution in [1.29, 1.82) is 5.26 Å². The van der Waals surface area contributed by atoms with E-state index < -0.39 is 19.9 Å². The van der Waals surface area contributed by atoms with Gasteiger partial charge in [0.05, 0.1) is 32.3 Å². The second-order valence-electron chi connectivity index (χ2n) is 18.7. The van der Waals surface area contributed by atoms with E-state index in [1.54, 1.807) is 0 Å². The van der Waals surface area contributed by atoms with Crippen molar-refractivity contribution in [2.45, 2.75) is 264 Å². The van der Waals surface area contributed by atoms with Crippen LogP contribution in [0.1, 0.15) is 251 Å². The van der Waals surface area contributed by atoms with E-state index in [0.29, 0.717) is 18.9 Å². The van der Waals surface area contributed by atoms with Crippen LogP contribution in [0.4, 0.5) is 0 Å². The largest absolute Gasteiger partial charge is 0.474 e. The first kappa shape index (κ1) is 56.6. The molecule has 0 aromatic rings. The van der Waals surface area contributed by atoms with Gasteiger partial charge in [0.1, 0.15) is 6.61 Å². The molecule has 0 aliphatic carbocycles. The third kappa shape index (κ3) is 31.4. The molecule has 0 aromatic heterocycles. The Balaban J connectivity index is 1.72. The number of phosphoric ester groups is 1. The van der Waals surface area contributed by atoms with Crippen LogP contribution >= 0.6 is 7.82 Å². The maximum atomic E-state index is 13.8. The summed E-state index contributed by atoms with van der Waals surface area (Å²) in [7, 11) is -4.08. The van der Waals surface area contributed by atoms with Gasteiger partial charge in [-0.3, -0.25) is 23.2 Å². The molecule has 10 nitrogen and oxygen atoms in total. The second kappa shape index (κ2) is 39.8. The SMILES string of the molecule is CCCCCCCCCCCCCCCCCC(=O)OCC(COP(=O)(OCCC#N)OCCC1CC2CCN1CC2)OC(=O)CCCCCCCCCCCCCCCCC. The Morgan fingerprint density at radius 3 is 1.42 bits per heavy atom. The molecule has 3 atom stereocenters. The van der Waals surface area contributed by atoms with Gasteiger partial charge in [-0.25, -0.2) is 4.57 Å². The highest BCUT2D eigenvalue weighted by Gasteiger charge is 2.35. The molecule has 0 amide bonds. The smallest absolute Gasteiger partial charge is 0.462 e. The van der Waals surface area contributed by atoms with Gasteiger partial charge in [0.15, 0.2) is 6.10 Å². The summed E-state index contributed by atoms with van der Waals surface area (Å²) in [6, 6.07) is 2.38. The summed E-state index contributed by atoms with van der Waals surface area (Å²) < 4.78 is 42.2. The Morgan fingerprint density at radius 1 is 0.581 bits per heavy atom. The fourth-order valence-electron chi connectivity index (χ4n) is 9.08. The van der Waals surface area contributed by atoms with Crippen LogP contribution in [-0.4, -0.2) is 68.5 Å². The molecule has 2 bridgehead atoms. The van der Waals surface area contributed by atoms with Gasteiger partial charge in [0.25, 0.3) is 0 Å². The van der Waals surface area contributed by atoms with E-state index in [2.05, 4.69) is 18.7 Å². The molecule has 3 saturated heterocycles. The summed E-state index contributed by atoms with van der Waals surface area (Å²) in [5, 5.41) is 9.08. The number of hydrogen-bond acceptors (Lipinski definition) is 10. The van der Waals surface area contributed by atoms with Crippen LogP contribution in [0, 0.1) is 17.2 Å². The minimum Gasteiger partial charge on any atom is -0.462 e. The lowest BCUT2D eigenvalue weighted by Gasteiger charge is -2.45. The summed E-state index contributed by atoms with van der Waals surface area (Å²) in [6.45, 7) is 6.29. The number of hydrogen-bond donors (Lipinski definition) is 0. The number of nitriles is 1. The molecule has 3 unspecified atom stereocenters. The van der Waals surface area contributed by atoms with Crippen LogP contribution in [0.25, 0.3) is 0 Å². The van der Waals surface area contributed by atoms with Crippen LogP contribution in [0.3, 0.4) is 0 Å². The number of phosphoric acid groups is 1. The van der Waals surface area contributed by atoms with Gasteiger partial charge in [-0.05, 0) is 57.5 Å². The summed E-state index contributed by atoms with van der Waals surface area (Å²) >= 11 is 0. The van der Waals surface area contributed by atoms with Crippen molar-refractivity contribution in [3.05, 3.63) is 0 Å². The first-order valence-corrected chi connectivity index (χ1v) is 27.8. The zero-order valence-electron chi connectivity index (χ0n) is 40.2. The third-order valence-electron chi connectivity index (χ3n) is 13.1. The Bertz CT molecular complexity index is 1160. The molecule has 62 heavy (non-hydrogen) atoms. The molecular formula is C51H95N2O8P. The van der Waals surface area contributed by atoms with Crippen LogP contribution < -0.4 is 0 Å². The summed E-state index contributed by atoms with van der Waals surface area (Å²) in [5.74, 6) is 0.00519. The highest BCUT2D eigenvalue weighted by atomic mass is 31.2. The molecule has 0 radical (unpaired) electrons. The average Bonchev–Trinajstić information content (AvgIpc) is 3.27. The maximum absolute atomic E-state index is 13.8. The van der Waals surface area contributed by atoms with Gasteiger partial charge < -0.3 is 14.4 Å². The van der Waals surface area contributed by atoms with E-state index in [-0.39, 0.29) is 45.2 Å². The lowest BCUT2D eigenvalue weighted by atomic mass is 9.82. The molecule has 0 N–H and O–H groups in total. The Morgan fingerprint density at radius 2 is 1.00 bits per heavy atom. The minimum absolute atomic E-state index is 0.0311. The molecule has 3 aliphatic heterocycles. The van der Waals surface area contributed by atoms with Gasteiger partial charge in [-0.15, -0.1) is 0 Å². The Hall–Kier alpha value is -1.50. The van der Waals surface area contributed by atoms with E-state index in [1.165, 1.54) is 167 Å². The van der Waals surface area contributed by atoms with Gasteiger partial charge in [0.2, 0.25) is 0 Å². The molecule has 3 rings (SSSR count). The van der Waals surface area contributed by atoms with Crippen LogP contribution in [0.2, 0.25) is 0 Å². The number of carbonyl (C=O) groups excluding carboxylic acids is 2. The number of carbonyl (C=O) groups is 2. The van der Waals surface area contributed by atoms with Crippen molar-refractivity contribution in [1.82, 2.24) is 4.90 Å². The van der Waals surface area contributed by atoms with Crippen molar-refractivity contribution < 1.29 is 37.2 Å². The average molecular weight is 895 g/mol. The lowest BCUT2D eigenvalue weighted by molar-refractivity contribution is -0.161. The molecule has 11 heteroatoms. The minimum atomic E-state index is -4.08. The van der Waals surface area contributed by atoms with E-state index >= 15 is 0 Å². The standard InChI is InChI=1S/C51H95N2O8P/c1-3-5-7-9-11-13-15-17-19-21-23-25-27-29-31-34-50(54)57-45-49(61-51(55)35-32-30-28-26-24-22-20-18-16-14-12-10-8-6-4-2)46-60-62(56,58-42-33-39-52)59-43-38-48-44-47-36-40-53(48)41-37-47/h47-49H,3-38,40-46H2,1-2H3. The summed E-state index contributed by atoms with van der Waals surface area (Å²) in [6.07, 6.45) is 41.5. The van der Waals surface area contributed by atoms with Crippen molar-refractivity contribution >= 4 is 19.8 Å². The van der Waals surface area contributed by atoms with E-state index in [1.807, 2.05) is 6.07 Å². The highest BCUT2D eigenvalue weighted by Crippen LogP contribution is 2.50. The Labute approximate surface area is 381 Å². The van der Waals surface area contributed by atoms with Crippen LogP contribution in [-0.2, 0) is 37.2 Å². The highest BCUT2D eigenvalue weighted by molar-refractivity contribution is 7.48. The summed E-state index contributed by atoms with van der Waals surface area (Å²) in [4.78, 5) is 28.3. The lowest BCUT2D eigenvalue weighted by Crippen LogP contribution is -2.48. The normalized spacial score (nSPS) is 18.6. The van der Waals surface area contributed by atoms with Gasteiger partial charge in [0, 0.05) is 18.9 Å². The van der Waals surface area contributed by atoms with E-state index in [4.69, 9.17) is 28.3 Å². The molecular weight excluding hydrogens is 800 g/mol. The van der Waals surface area contributed by atoms with Gasteiger partial charge in [-0.1, -0.05) is 194 Å². The van der Waals surface area contributed by atoms with Crippen molar-refractivity contribution in [3.8, 4) is 6.07 Å².